The molecule has 1 aliphatic rings. The summed E-state index contributed by atoms with van der Waals surface area (Å²) in [6.07, 6.45) is -3.83. The van der Waals surface area contributed by atoms with Crippen LogP contribution in [-0.2, 0) is 23.2 Å². The summed E-state index contributed by atoms with van der Waals surface area (Å²) >= 11 is 12.1. The van der Waals surface area contributed by atoms with E-state index in [1.165, 1.54) is 8.99 Å². The van der Waals surface area contributed by atoms with Gasteiger partial charge in [-0.25, -0.2) is 13.4 Å². The lowest BCUT2D eigenvalue weighted by Crippen LogP contribution is -2.49. The number of nitrogens with zero attached hydrogens (tertiary/aromatic N) is 5. The molecule has 0 unspecified atom stereocenters. The summed E-state index contributed by atoms with van der Waals surface area (Å²) in [5.41, 5.74) is -0.647. The van der Waals surface area contributed by atoms with E-state index in [2.05, 4.69) is 10.1 Å². The van der Waals surface area contributed by atoms with Crippen molar-refractivity contribution in [2.24, 2.45) is 7.05 Å². The van der Waals surface area contributed by atoms with Gasteiger partial charge in [0.25, 0.3) is 0 Å². The van der Waals surface area contributed by atoms with Crippen LogP contribution in [0.3, 0.4) is 0 Å². The zero-order valence-corrected chi connectivity index (χ0v) is 17.2. The van der Waals surface area contributed by atoms with E-state index < -0.39 is 21.8 Å². The highest BCUT2D eigenvalue weighted by Gasteiger charge is 2.35. The van der Waals surface area contributed by atoms with Gasteiger partial charge in [-0.2, -0.15) is 22.6 Å². The fourth-order valence-corrected chi connectivity index (χ4v) is 5.41. The van der Waals surface area contributed by atoms with Crippen LogP contribution < -0.4 is 4.90 Å². The van der Waals surface area contributed by atoms with Crippen LogP contribution in [0.5, 0.6) is 0 Å². The van der Waals surface area contributed by atoms with Gasteiger partial charge >= 0.3 is 6.18 Å². The molecule has 0 aliphatic carbocycles. The van der Waals surface area contributed by atoms with Gasteiger partial charge in [0.2, 0.25) is 10.0 Å². The summed E-state index contributed by atoms with van der Waals surface area (Å²) in [5, 5.41) is 3.90. The Bertz CT molecular complexity index is 1000. The number of rotatable bonds is 3. The third kappa shape index (κ3) is 3.80. The van der Waals surface area contributed by atoms with Crippen LogP contribution in [-0.4, -0.2) is 53.7 Å². The lowest BCUT2D eigenvalue weighted by Gasteiger charge is -2.35. The lowest BCUT2D eigenvalue weighted by molar-refractivity contribution is -0.137. The SMILES string of the molecule is Cc1nn(C)c(Cl)c1S(=O)(=O)N1CCN(c2ncc(C(F)(F)F)cc2Cl)CC1. The number of anilines is 1. The molecule has 0 radical (unpaired) electrons. The molecule has 1 fully saturated rings. The largest absolute Gasteiger partial charge is 0.417 e. The number of aryl methyl sites for hydroxylation is 2. The number of piperazine rings is 1. The number of alkyl halides is 3. The fraction of sp³-hybridized carbons (Fsp3) is 0.467. The second-order valence-corrected chi connectivity index (χ2v) is 8.89. The molecule has 0 saturated carbocycles. The molecule has 1 aliphatic heterocycles. The number of halogens is 5. The molecule has 13 heteroatoms. The minimum atomic E-state index is -4.54. The smallest absolute Gasteiger partial charge is 0.353 e. The highest BCUT2D eigenvalue weighted by molar-refractivity contribution is 7.89. The molecule has 1 saturated heterocycles. The van der Waals surface area contributed by atoms with Gasteiger partial charge in [-0.1, -0.05) is 23.2 Å². The molecule has 3 heterocycles. The van der Waals surface area contributed by atoms with Crippen LogP contribution >= 0.6 is 23.2 Å². The summed E-state index contributed by atoms with van der Waals surface area (Å²) in [7, 11) is -2.31. The first kappa shape index (κ1) is 21.2. The molecule has 7 nitrogen and oxygen atoms in total. The minimum Gasteiger partial charge on any atom is -0.353 e. The Morgan fingerprint density at radius 2 is 1.75 bits per heavy atom. The summed E-state index contributed by atoms with van der Waals surface area (Å²) < 4.78 is 66.6. The highest BCUT2D eigenvalue weighted by Crippen LogP contribution is 2.34. The maximum atomic E-state index is 12.9. The van der Waals surface area contributed by atoms with Gasteiger partial charge in [0.05, 0.1) is 16.3 Å². The fourth-order valence-electron chi connectivity index (χ4n) is 2.99. The summed E-state index contributed by atoms with van der Waals surface area (Å²) in [6, 6.07) is 0.811. The molecule has 0 spiro atoms. The number of pyridine rings is 1. The number of hydrogen-bond donors (Lipinski definition) is 0. The van der Waals surface area contributed by atoms with Crippen molar-refractivity contribution in [3.63, 3.8) is 0 Å². The second kappa shape index (κ2) is 7.36. The van der Waals surface area contributed by atoms with Crippen molar-refractivity contribution < 1.29 is 21.6 Å². The third-order valence-electron chi connectivity index (χ3n) is 4.39. The van der Waals surface area contributed by atoms with Crippen LogP contribution in [0.15, 0.2) is 17.2 Å². The first-order valence-electron chi connectivity index (χ1n) is 8.10. The molecule has 0 atom stereocenters. The van der Waals surface area contributed by atoms with E-state index in [1.54, 1.807) is 18.9 Å². The molecule has 0 amide bonds. The van der Waals surface area contributed by atoms with Gasteiger partial charge in [0.1, 0.15) is 15.9 Å². The zero-order chi connectivity index (χ0) is 20.9. The van der Waals surface area contributed by atoms with E-state index in [-0.39, 0.29) is 47.1 Å². The molecular formula is C15H16Cl2F3N5O2S. The Balaban J connectivity index is 1.78. The number of aromatic nitrogens is 3. The maximum absolute atomic E-state index is 12.9. The summed E-state index contributed by atoms with van der Waals surface area (Å²) in [4.78, 5) is 5.42. The van der Waals surface area contributed by atoms with Crippen molar-refractivity contribution >= 4 is 39.0 Å². The molecule has 2 aromatic heterocycles. The van der Waals surface area contributed by atoms with Crippen LogP contribution in [0.4, 0.5) is 19.0 Å². The van der Waals surface area contributed by atoms with E-state index in [4.69, 9.17) is 23.2 Å². The average molecular weight is 458 g/mol. The van der Waals surface area contributed by atoms with E-state index in [1.807, 2.05) is 0 Å². The first-order chi connectivity index (χ1) is 12.9. The number of hydrogen-bond acceptors (Lipinski definition) is 5. The predicted octanol–water partition coefficient (Wildman–Crippen LogP) is 2.96. The van der Waals surface area contributed by atoms with E-state index in [0.717, 1.165) is 6.07 Å². The van der Waals surface area contributed by atoms with Gasteiger partial charge in [-0.3, -0.25) is 4.68 Å². The third-order valence-corrected chi connectivity index (χ3v) is 7.26. The van der Waals surface area contributed by atoms with Crippen molar-refractivity contribution in [3.05, 3.63) is 33.7 Å². The minimum absolute atomic E-state index is 0.0207. The van der Waals surface area contributed by atoms with Crippen molar-refractivity contribution in [1.29, 1.82) is 0 Å². The standard InChI is InChI=1S/C15H16Cl2F3N5O2S/c1-9-12(13(17)23(2)22-9)28(26,27)25-5-3-24(4-6-25)14-11(16)7-10(8-21-14)15(18,19)20/h7-8H,3-6H2,1-2H3. The Hall–Kier alpha value is -1.56. The number of sulfonamides is 1. The van der Waals surface area contributed by atoms with Gasteiger partial charge in [-0.15, -0.1) is 0 Å². The average Bonchev–Trinajstić information content (AvgIpc) is 2.86. The van der Waals surface area contributed by atoms with Crippen molar-refractivity contribution in [3.8, 4) is 0 Å². The van der Waals surface area contributed by atoms with Gasteiger partial charge in [0, 0.05) is 39.4 Å². The Kier molecular flexibility index (Phi) is 5.56. The molecule has 0 N–H and O–H groups in total. The highest BCUT2D eigenvalue weighted by atomic mass is 35.5. The zero-order valence-electron chi connectivity index (χ0n) is 14.8. The predicted molar refractivity (Wildman–Crippen MR) is 98.2 cm³/mol. The molecule has 3 rings (SSSR count). The van der Waals surface area contributed by atoms with Crippen molar-refractivity contribution in [1.82, 2.24) is 19.1 Å². The van der Waals surface area contributed by atoms with E-state index in [0.29, 0.717) is 11.9 Å². The lowest BCUT2D eigenvalue weighted by atomic mass is 10.2. The maximum Gasteiger partial charge on any atom is 0.417 e. The second-order valence-electron chi connectivity index (χ2n) is 6.25. The van der Waals surface area contributed by atoms with Gasteiger partial charge in [-0.05, 0) is 13.0 Å². The van der Waals surface area contributed by atoms with Crippen LogP contribution in [0, 0.1) is 6.92 Å². The Labute approximate surface area is 169 Å². The first-order valence-corrected chi connectivity index (χ1v) is 10.3. The normalized spacial score (nSPS) is 16.6. The van der Waals surface area contributed by atoms with Gasteiger partial charge in [0.15, 0.2) is 0 Å². The summed E-state index contributed by atoms with van der Waals surface area (Å²) in [5.74, 6) is 0.183. The molecule has 0 bridgehead atoms. The van der Waals surface area contributed by atoms with E-state index in [9.17, 15) is 21.6 Å². The van der Waals surface area contributed by atoms with Gasteiger partial charge < -0.3 is 4.90 Å². The summed E-state index contributed by atoms with van der Waals surface area (Å²) in [6.45, 7) is 2.20. The van der Waals surface area contributed by atoms with Crippen LogP contribution in [0.2, 0.25) is 10.2 Å². The van der Waals surface area contributed by atoms with Crippen molar-refractivity contribution in [2.45, 2.75) is 18.0 Å². The van der Waals surface area contributed by atoms with Crippen LogP contribution in [0.25, 0.3) is 0 Å². The molecule has 154 valence electrons. The Morgan fingerprint density at radius 1 is 1.14 bits per heavy atom. The molecular weight excluding hydrogens is 442 g/mol. The van der Waals surface area contributed by atoms with E-state index >= 15 is 0 Å². The Morgan fingerprint density at radius 3 is 2.21 bits per heavy atom. The molecule has 0 aromatic carbocycles. The molecule has 2 aromatic rings. The van der Waals surface area contributed by atoms with Crippen molar-refractivity contribution in [2.75, 3.05) is 31.1 Å². The quantitative estimate of drug-likeness (QED) is 0.708. The molecule has 28 heavy (non-hydrogen) atoms. The monoisotopic (exact) mass is 457 g/mol. The topological polar surface area (TPSA) is 71.3 Å². The van der Waals surface area contributed by atoms with Crippen LogP contribution in [0.1, 0.15) is 11.3 Å².